The van der Waals surface area contributed by atoms with Crippen molar-refractivity contribution in [2.24, 2.45) is 5.16 Å². The van der Waals surface area contributed by atoms with Gasteiger partial charge in [0, 0.05) is 0 Å². The maximum atomic E-state index is 9.75. The zero-order chi connectivity index (χ0) is 20.6. The number of allylic oxidation sites excluding steroid dienone is 1. The van der Waals surface area contributed by atoms with E-state index in [9.17, 15) is 10.2 Å². The average Bonchev–Trinajstić information content (AvgIpc) is 2.73. The highest BCUT2D eigenvalue weighted by Gasteiger charge is 2.15. The van der Waals surface area contributed by atoms with E-state index in [1.54, 1.807) is 24.3 Å². The Bertz CT molecular complexity index is 955. The van der Waals surface area contributed by atoms with Crippen LogP contribution < -0.4 is 0 Å². The van der Waals surface area contributed by atoms with Crippen molar-refractivity contribution in [3.8, 4) is 11.5 Å². The summed E-state index contributed by atoms with van der Waals surface area (Å²) >= 11 is 0. The zero-order valence-corrected chi connectivity index (χ0v) is 16.4. The number of hydrogen-bond acceptors (Lipinski definition) is 4. The minimum Gasteiger partial charge on any atom is -0.508 e. The molecule has 0 aliphatic rings. The molecule has 4 nitrogen and oxygen atoms in total. The van der Waals surface area contributed by atoms with Gasteiger partial charge in [0.05, 0.1) is 6.21 Å². The van der Waals surface area contributed by atoms with Gasteiger partial charge in [0.15, 0.2) is 0 Å². The molecule has 0 aliphatic carbocycles. The van der Waals surface area contributed by atoms with E-state index in [0.717, 1.165) is 52.7 Å². The molecular formula is C25H25NO3. The van der Waals surface area contributed by atoms with Crippen molar-refractivity contribution in [3.63, 3.8) is 0 Å². The van der Waals surface area contributed by atoms with Crippen LogP contribution in [0.1, 0.15) is 48.4 Å². The van der Waals surface area contributed by atoms with E-state index in [-0.39, 0.29) is 11.5 Å². The number of aromatic hydroxyl groups is 2. The molecule has 4 heteroatoms. The molecule has 148 valence electrons. The Morgan fingerprint density at radius 3 is 1.93 bits per heavy atom. The normalized spacial score (nSPS) is 10.9. The third-order valence-corrected chi connectivity index (χ3v) is 4.84. The fraction of sp³-hybridized carbons (Fsp3) is 0.160. The van der Waals surface area contributed by atoms with Gasteiger partial charge in [0.1, 0.15) is 11.5 Å². The number of phenols is 2. The van der Waals surface area contributed by atoms with Crippen LogP contribution in [0.4, 0.5) is 0 Å². The van der Waals surface area contributed by atoms with Gasteiger partial charge in [-0.15, -0.1) is 0 Å². The minimum absolute atomic E-state index is 0.218. The summed E-state index contributed by atoms with van der Waals surface area (Å²) in [5.41, 5.74) is 6.05. The van der Waals surface area contributed by atoms with Gasteiger partial charge >= 0.3 is 0 Å². The third kappa shape index (κ3) is 5.05. The van der Waals surface area contributed by atoms with Gasteiger partial charge in [-0.1, -0.05) is 61.0 Å². The number of phenolic OH excluding ortho intramolecular Hbond substituents is 2. The highest BCUT2D eigenvalue weighted by Crippen LogP contribution is 2.36. The topological polar surface area (TPSA) is 73.0 Å². The second kappa shape index (κ2) is 9.60. The van der Waals surface area contributed by atoms with Gasteiger partial charge in [-0.2, -0.15) is 0 Å². The van der Waals surface area contributed by atoms with Crippen LogP contribution in [0.2, 0.25) is 0 Å². The molecule has 0 amide bonds. The summed E-state index contributed by atoms with van der Waals surface area (Å²) in [6.45, 7) is 2.16. The third-order valence-electron chi connectivity index (χ3n) is 4.84. The van der Waals surface area contributed by atoms with Crippen LogP contribution in [0.3, 0.4) is 0 Å². The molecule has 0 bridgehead atoms. The Labute approximate surface area is 171 Å². The number of oxime groups is 1. The molecule has 0 aliphatic heterocycles. The maximum Gasteiger partial charge on any atom is 0.115 e. The van der Waals surface area contributed by atoms with Gasteiger partial charge in [-0.3, -0.25) is 0 Å². The molecule has 3 aromatic rings. The summed E-state index contributed by atoms with van der Waals surface area (Å²) in [6, 6.07) is 22.3. The van der Waals surface area contributed by atoms with Crippen LogP contribution in [-0.2, 0) is 0 Å². The van der Waals surface area contributed by atoms with E-state index in [4.69, 9.17) is 5.21 Å². The molecule has 29 heavy (non-hydrogen) atoms. The molecule has 0 heterocycles. The molecule has 0 aromatic heterocycles. The summed E-state index contributed by atoms with van der Waals surface area (Å²) in [6.07, 6.45) is 4.36. The van der Waals surface area contributed by atoms with Gasteiger partial charge in [-0.05, 0) is 76.6 Å². The van der Waals surface area contributed by atoms with Gasteiger partial charge in [0.25, 0.3) is 0 Å². The first-order valence-corrected chi connectivity index (χ1v) is 9.72. The zero-order valence-electron chi connectivity index (χ0n) is 16.4. The van der Waals surface area contributed by atoms with Crippen LogP contribution in [-0.4, -0.2) is 21.6 Å². The van der Waals surface area contributed by atoms with Crippen LogP contribution in [0.25, 0.3) is 11.1 Å². The Balaban J connectivity index is 2.27. The van der Waals surface area contributed by atoms with Crippen molar-refractivity contribution in [1.29, 1.82) is 0 Å². The van der Waals surface area contributed by atoms with Crippen molar-refractivity contribution < 1.29 is 15.4 Å². The van der Waals surface area contributed by atoms with Crippen LogP contribution in [0.5, 0.6) is 11.5 Å². The van der Waals surface area contributed by atoms with Crippen LogP contribution >= 0.6 is 0 Å². The summed E-state index contributed by atoms with van der Waals surface area (Å²) < 4.78 is 0. The summed E-state index contributed by atoms with van der Waals surface area (Å²) in [7, 11) is 0. The second-order valence-corrected chi connectivity index (χ2v) is 6.92. The lowest BCUT2D eigenvalue weighted by atomic mass is 9.86. The van der Waals surface area contributed by atoms with E-state index < -0.39 is 0 Å². The summed E-state index contributed by atoms with van der Waals surface area (Å²) in [4.78, 5) is 0. The fourth-order valence-electron chi connectivity index (χ4n) is 3.41. The van der Waals surface area contributed by atoms with E-state index >= 15 is 0 Å². The number of rotatable bonds is 7. The van der Waals surface area contributed by atoms with Gasteiger partial charge in [-0.25, -0.2) is 0 Å². The lowest BCUT2D eigenvalue weighted by molar-refractivity contribution is 0.322. The number of nitrogens with zero attached hydrogens (tertiary/aromatic N) is 1. The summed E-state index contributed by atoms with van der Waals surface area (Å²) in [5, 5.41) is 31.6. The van der Waals surface area contributed by atoms with E-state index in [0.29, 0.717) is 0 Å². The lowest BCUT2D eigenvalue weighted by Gasteiger charge is -2.18. The highest BCUT2D eigenvalue weighted by molar-refractivity contribution is 5.99. The average molecular weight is 387 g/mol. The van der Waals surface area contributed by atoms with E-state index in [1.165, 1.54) is 6.21 Å². The molecular weight excluding hydrogens is 362 g/mol. The number of unbranched alkanes of at least 4 members (excludes halogenated alkanes) is 1. The predicted molar refractivity (Wildman–Crippen MR) is 117 cm³/mol. The SMILES string of the molecule is CCCCC(=C(c1ccc(O)cc1)c1ccc(O)cc1)c1cccc(/C=N/O)c1. The quantitative estimate of drug-likeness (QED) is 0.200. The van der Waals surface area contributed by atoms with Crippen molar-refractivity contribution in [2.45, 2.75) is 26.2 Å². The monoisotopic (exact) mass is 387 g/mol. The van der Waals surface area contributed by atoms with Crippen molar-refractivity contribution in [2.75, 3.05) is 0 Å². The fourth-order valence-corrected chi connectivity index (χ4v) is 3.41. The Morgan fingerprint density at radius 1 is 0.828 bits per heavy atom. The predicted octanol–water partition coefficient (Wildman–Crippen LogP) is 6.06. The standard InChI is InChI=1S/C25H25NO3/c1-2-3-7-24(21-6-4-5-18(16-21)17-26-29)25(19-8-12-22(27)13-9-19)20-10-14-23(28)15-11-20/h4-6,8-17,27-29H,2-3,7H2,1H3/b26-17+. The van der Waals surface area contributed by atoms with Crippen LogP contribution in [0.15, 0.2) is 78.0 Å². The van der Waals surface area contributed by atoms with Gasteiger partial charge < -0.3 is 15.4 Å². The largest absolute Gasteiger partial charge is 0.508 e. The molecule has 3 aromatic carbocycles. The molecule has 3 N–H and O–H groups in total. The molecule has 0 unspecified atom stereocenters. The van der Waals surface area contributed by atoms with Gasteiger partial charge in [0.2, 0.25) is 0 Å². The molecule has 0 spiro atoms. The Hall–Kier alpha value is -3.53. The van der Waals surface area contributed by atoms with Crippen molar-refractivity contribution in [1.82, 2.24) is 0 Å². The first-order chi connectivity index (χ1) is 14.1. The van der Waals surface area contributed by atoms with E-state index in [2.05, 4.69) is 18.1 Å². The Morgan fingerprint density at radius 2 is 1.41 bits per heavy atom. The van der Waals surface area contributed by atoms with Crippen LogP contribution in [0, 0.1) is 0 Å². The van der Waals surface area contributed by atoms with E-state index in [1.807, 2.05) is 42.5 Å². The second-order valence-electron chi connectivity index (χ2n) is 6.92. The van der Waals surface area contributed by atoms with Crippen molar-refractivity contribution >= 4 is 17.4 Å². The number of hydrogen-bond donors (Lipinski definition) is 3. The van der Waals surface area contributed by atoms with Crippen molar-refractivity contribution in [3.05, 3.63) is 95.1 Å². The maximum absolute atomic E-state index is 9.75. The first kappa shape index (κ1) is 20.2. The minimum atomic E-state index is 0.218. The first-order valence-electron chi connectivity index (χ1n) is 9.72. The highest BCUT2D eigenvalue weighted by atomic mass is 16.4. The molecule has 0 fully saturated rings. The molecule has 0 atom stereocenters. The molecule has 0 radical (unpaired) electrons. The number of benzene rings is 3. The Kier molecular flexibility index (Phi) is 6.69. The summed E-state index contributed by atoms with van der Waals surface area (Å²) in [5.74, 6) is 0.435. The smallest absolute Gasteiger partial charge is 0.115 e. The molecule has 0 saturated carbocycles. The molecule has 3 rings (SSSR count). The lowest BCUT2D eigenvalue weighted by Crippen LogP contribution is -1.97. The molecule has 0 saturated heterocycles.